The zero-order valence-corrected chi connectivity index (χ0v) is 19.6. The second kappa shape index (κ2) is 9.89. The smallest absolute Gasteiger partial charge is 0.261 e. The van der Waals surface area contributed by atoms with Crippen molar-refractivity contribution in [1.82, 2.24) is 10.2 Å². The fourth-order valence-corrected chi connectivity index (χ4v) is 4.71. The van der Waals surface area contributed by atoms with Crippen LogP contribution in [0.4, 0.5) is 5.69 Å². The fourth-order valence-electron chi connectivity index (χ4n) is 3.66. The third kappa shape index (κ3) is 5.23. The number of carbonyl (C=O) groups excluding carboxylic acids is 1. The van der Waals surface area contributed by atoms with Crippen LogP contribution in [0.15, 0.2) is 47.4 Å². The van der Waals surface area contributed by atoms with Crippen molar-refractivity contribution in [3.63, 3.8) is 0 Å². The van der Waals surface area contributed by atoms with Crippen molar-refractivity contribution < 1.29 is 23.1 Å². The zero-order valence-electron chi connectivity index (χ0n) is 18.8. The number of fused-ring (bicyclic) bond motifs is 1. The van der Waals surface area contributed by atoms with E-state index in [1.807, 2.05) is 20.9 Å². The first-order valence-corrected chi connectivity index (χ1v) is 12.1. The number of rotatable bonds is 7. The molecule has 1 aliphatic rings. The van der Waals surface area contributed by atoms with E-state index in [4.69, 9.17) is 4.74 Å². The number of carbonyl (C=O) groups is 1. The van der Waals surface area contributed by atoms with E-state index in [1.54, 1.807) is 36.1 Å². The van der Waals surface area contributed by atoms with Crippen LogP contribution in [0.5, 0.6) is 5.75 Å². The zero-order chi connectivity index (χ0) is 23.5. The molecule has 1 aliphatic heterocycles. The largest absolute Gasteiger partial charge is 0.488 e. The van der Waals surface area contributed by atoms with Gasteiger partial charge in [-0.25, -0.2) is 8.42 Å². The Kier molecular flexibility index (Phi) is 7.43. The van der Waals surface area contributed by atoms with Crippen LogP contribution in [0.25, 0.3) is 0 Å². The molecule has 174 valence electrons. The molecule has 0 aromatic heterocycles. The summed E-state index contributed by atoms with van der Waals surface area (Å²) in [4.78, 5) is 15.1. The molecule has 0 saturated heterocycles. The molecule has 0 bridgehead atoms. The number of amides is 1. The highest BCUT2D eigenvalue weighted by molar-refractivity contribution is 7.92. The number of sulfonamides is 1. The Labute approximate surface area is 189 Å². The lowest BCUT2D eigenvalue weighted by molar-refractivity contribution is 0.0416. The van der Waals surface area contributed by atoms with Crippen LogP contribution in [0.3, 0.4) is 0 Å². The maximum absolute atomic E-state index is 13.4. The van der Waals surface area contributed by atoms with Crippen molar-refractivity contribution >= 4 is 21.6 Å². The molecule has 32 heavy (non-hydrogen) atoms. The number of anilines is 1. The highest BCUT2D eigenvalue weighted by Gasteiger charge is 2.33. The molecule has 2 aromatic carbocycles. The molecule has 1 heterocycles. The lowest BCUT2D eigenvalue weighted by atomic mass is 9.99. The Morgan fingerprint density at radius 2 is 1.91 bits per heavy atom. The summed E-state index contributed by atoms with van der Waals surface area (Å²) in [6.45, 7) is 6.48. The molecule has 3 N–H and O–H groups in total. The van der Waals surface area contributed by atoms with Crippen molar-refractivity contribution in [3.8, 4) is 5.75 Å². The first-order valence-electron chi connectivity index (χ1n) is 10.6. The van der Waals surface area contributed by atoms with Gasteiger partial charge in [-0.3, -0.25) is 9.52 Å². The van der Waals surface area contributed by atoms with Gasteiger partial charge in [-0.2, -0.15) is 0 Å². The Balaban J connectivity index is 1.99. The van der Waals surface area contributed by atoms with Crippen molar-refractivity contribution in [2.24, 2.45) is 5.92 Å². The standard InChI is InChI=1S/C23H31N3O5S/c1-15-5-8-19(9-6-15)32(29,30)25-18-7-10-21-20(11-18)23(28)26(17(3)14-27)13-16(2)22(31-21)12-24-4/h5-11,16-17,22,24-25,27H,12-14H2,1-4H3/t16-,17-,22-/m0/s1. The highest BCUT2D eigenvalue weighted by Crippen LogP contribution is 2.31. The van der Waals surface area contributed by atoms with E-state index in [9.17, 15) is 18.3 Å². The number of hydrogen-bond donors (Lipinski definition) is 3. The minimum Gasteiger partial charge on any atom is -0.488 e. The Morgan fingerprint density at radius 1 is 1.22 bits per heavy atom. The van der Waals surface area contributed by atoms with Crippen molar-refractivity contribution in [2.75, 3.05) is 31.5 Å². The van der Waals surface area contributed by atoms with E-state index in [1.165, 1.54) is 18.2 Å². The maximum atomic E-state index is 13.4. The molecular weight excluding hydrogens is 430 g/mol. The molecule has 0 aliphatic carbocycles. The minimum absolute atomic E-state index is 0.0215. The van der Waals surface area contributed by atoms with Gasteiger partial charge in [0.15, 0.2) is 0 Å². The number of aliphatic hydroxyl groups is 1. The molecule has 2 aromatic rings. The van der Waals surface area contributed by atoms with Crippen LogP contribution >= 0.6 is 0 Å². The van der Waals surface area contributed by atoms with Gasteiger partial charge in [0, 0.05) is 24.7 Å². The van der Waals surface area contributed by atoms with Crippen LogP contribution < -0.4 is 14.8 Å². The van der Waals surface area contributed by atoms with E-state index >= 15 is 0 Å². The molecule has 8 nitrogen and oxygen atoms in total. The summed E-state index contributed by atoms with van der Waals surface area (Å²) >= 11 is 0. The van der Waals surface area contributed by atoms with Crippen LogP contribution in [0, 0.1) is 12.8 Å². The number of aliphatic hydroxyl groups excluding tert-OH is 1. The molecular formula is C23H31N3O5S. The summed E-state index contributed by atoms with van der Waals surface area (Å²) in [5.41, 5.74) is 1.47. The molecule has 0 spiro atoms. The van der Waals surface area contributed by atoms with Crippen LogP contribution in [0.1, 0.15) is 29.8 Å². The average molecular weight is 462 g/mol. The molecule has 0 radical (unpaired) electrons. The summed E-state index contributed by atoms with van der Waals surface area (Å²) in [7, 11) is -1.99. The van der Waals surface area contributed by atoms with E-state index in [0.29, 0.717) is 18.8 Å². The maximum Gasteiger partial charge on any atom is 0.261 e. The van der Waals surface area contributed by atoms with E-state index in [-0.39, 0.29) is 46.7 Å². The SMILES string of the molecule is CNC[C@@H]1Oc2ccc(NS(=O)(=O)c3ccc(C)cc3)cc2C(=O)N([C@@H](C)CO)C[C@@H]1C. The molecule has 3 atom stereocenters. The monoisotopic (exact) mass is 461 g/mol. The predicted molar refractivity (Wildman–Crippen MR) is 124 cm³/mol. The Morgan fingerprint density at radius 3 is 2.53 bits per heavy atom. The van der Waals surface area contributed by atoms with E-state index < -0.39 is 10.0 Å². The summed E-state index contributed by atoms with van der Waals surface area (Å²) < 4.78 is 34.3. The van der Waals surface area contributed by atoms with Gasteiger partial charge in [0.2, 0.25) is 0 Å². The van der Waals surface area contributed by atoms with Gasteiger partial charge >= 0.3 is 0 Å². The number of benzene rings is 2. The number of aryl methyl sites for hydroxylation is 1. The number of hydrogen-bond acceptors (Lipinski definition) is 6. The normalized spacial score (nSPS) is 20.0. The fraction of sp³-hybridized carbons (Fsp3) is 0.435. The lowest BCUT2D eigenvalue weighted by Crippen LogP contribution is -2.49. The molecule has 9 heteroatoms. The van der Waals surface area contributed by atoms with Crippen LogP contribution in [-0.2, 0) is 10.0 Å². The van der Waals surface area contributed by atoms with Crippen LogP contribution in [0.2, 0.25) is 0 Å². The summed E-state index contributed by atoms with van der Waals surface area (Å²) in [6.07, 6.45) is -0.199. The minimum atomic E-state index is -3.82. The number of nitrogens with zero attached hydrogens (tertiary/aromatic N) is 1. The Hall–Kier alpha value is -2.62. The third-order valence-corrected chi connectivity index (χ3v) is 7.05. The van der Waals surface area contributed by atoms with Gasteiger partial charge in [0.25, 0.3) is 15.9 Å². The lowest BCUT2D eigenvalue weighted by Gasteiger charge is -2.37. The van der Waals surface area contributed by atoms with Crippen molar-refractivity contribution in [1.29, 1.82) is 0 Å². The number of likely N-dealkylation sites (N-methyl/N-ethyl adjacent to an activating group) is 1. The molecule has 1 amide bonds. The first-order chi connectivity index (χ1) is 15.2. The number of ether oxygens (including phenoxy) is 1. The summed E-state index contributed by atoms with van der Waals surface area (Å²) in [6, 6.07) is 10.8. The average Bonchev–Trinajstić information content (AvgIpc) is 2.76. The van der Waals surface area contributed by atoms with Gasteiger partial charge in [-0.05, 0) is 51.2 Å². The molecule has 0 fully saturated rings. The van der Waals surface area contributed by atoms with Gasteiger partial charge in [-0.1, -0.05) is 24.6 Å². The van der Waals surface area contributed by atoms with Crippen molar-refractivity contribution in [2.45, 2.75) is 37.8 Å². The van der Waals surface area contributed by atoms with Gasteiger partial charge < -0.3 is 20.1 Å². The topological polar surface area (TPSA) is 108 Å². The molecule has 3 rings (SSSR count). The predicted octanol–water partition coefficient (Wildman–Crippen LogP) is 2.24. The first kappa shape index (κ1) is 24.0. The second-order valence-corrected chi connectivity index (χ2v) is 9.99. The third-order valence-electron chi connectivity index (χ3n) is 5.65. The Bertz CT molecular complexity index is 1060. The van der Waals surface area contributed by atoms with Gasteiger partial charge in [-0.15, -0.1) is 0 Å². The summed E-state index contributed by atoms with van der Waals surface area (Å²) in [5, 5.41) is 12.8. The van der Waals surface area contributed by atoms with Gasteiger partial charge in [0.05, 0.1) is 23.1 Å². The molecule has 0 saturated carbocycles. The quantitative estimate of drug-likeness (QED) is 0.584. The highest BCUT2D eigenvalue weighted by atomic mass is 32.2. The van der Waals surface area contributed by atoms with Gasteiger partial charge in [0.1, 0.15) is 11.9 Å². The van der Waals surface area contributed by atoms with Crippen LogP contribution in [-0.4, -0.2) is 63.2 Å². The van der Waals surface area contributed by atoms with E-state index in [2.05, 4.69) is 10.0 Å². The summed E-state index contributed by atoms with van der Waals surface area (Å²) in [5.74, 6) is 0.0937. The van der Waals surface area contributed by atoms with E-state index in [0.717, 1.165) is 5.56 Å². The van der Waals surface area contributed by atoms with Crippen molar-refractivity contribution in [3.05, 3.63) is 53.6 Å². The second-order valence-electron chi connectivity index (χ2n) is 8.31. The molecule has 0 unspecified atom stereocenters. The number of nitrogens with one attached hydrogen (secondary N) is 2.